The van der Waals surface area contributed by atoms with E-state index in [4.69, 9.17) is 0 Å². The van der Waals surface area contributed by atoms with Crippen LogP contribution in [-0.4, -0.2) is 11.1 Å². The van der Waals surface area contributed by atoms with Gasteiger partial charge in [0.2, 0.25) is 0 Å². The van der Waals surface area contributed by atoms with Crippen LogP contribution < -0.4 is 10.6 Å². The molecule has 4 rings (SSSR count). The van der Waals surface area contributed by atoms with E-state index in [0.29, 0.717) is 0 Å². The number of nitrogens with one attached hydrogen (secondary N) is 2. The molecule has 2 aromatic carbocycles. The van der Waals surface area contributed by atoms with Crippen LogP contribution in [0.15, 0.2) is 48.5 Å². The Morgan fingerprint density at radius 3 is 2.33 bits per heavy atom. The van der Waals surface area contributed by atoms with Gasteiger partial charge in [-0.15, -0.1) is 0 Å². The number of para-hydroxylation sites is 1. The minimum atomic E-state index is -0.00333. The highest BCUT2D eigenvalue weighted by molar-refractivity contribution is 5.80. The van der Waals surface area contributed by atoms with Gasteiger partial charge >= 0.3 is 0 Å². The average molecular weight is 403 g/mol. The maximum atomic E-state index is 3.79. The number of rotatable bonds is 3. The van der Waals surface area contributed by atoms with Crippen LogP contribution in [0.25, 0.3) is 5.57 Å². The van der Waals surface area contributed by atoms with Gasteiger partial charge in [0.1, 0.15) is 0 Å². The number of anilines is 2. The fourth-order valence-electron chi connectivity index (χ4n) is 6.19. The second-order valence-electron chi connectivity index (χ2n) is 11.2. The molecule has 0 bridgehead atoms. The summed E-state index contributed by atoms with van der Waals surface area (Å²) in [5, 5.41) is 7.48. The molecule has 160 valence electrons. The first-order valence-electron chi connectivity index (χ1n) is 11.4. The Kier molecular flexibility index (Phi) is 4.65. The first-order valence-corrected chi connectivity index (χ1v) is 11.4. The van der Waals surface area contributed by atoms with Gasteiger partial charge in [-0.25, -0.2) is 0 Å². The highest BCUT2D eigenvalue weighted by Gasteiger charge is 2.51. The number of hydrogen-bond donors (Lipinski definition) is 2. The molecular weight excluding hydrogens is 364 g/mol. The molecule has 0 radical (unpaired) electrons. The molecule has 0 aromatic heterocycles. The van der Waals surface area contributed by atoms with E-state index in [1.807, 2.05) is 0 Å². The van der Waals surface area contributed by atoms with Gasteiger partial charge in [-0.2, -0.15) is 0 Å². The number of benzene rings is 2. The van der Waals surface area contributed by atoms with Crippen LogP contribution in [0, 0.1) is 0 Å². The van der Waals surface area contributed by atoms with Crippen LogP contribution in [0.5, 0.6) is 0 Å². The summed E-state index contributed by atoms with van der Waals surface area (Å²) in [6.45, 7) is 18.7. The van der Waals surface area contributed by atoms with Crippen LogP contribution in [0.3, 0.4) is 0 Å². The molecule has 30 heavy (non-hydrogen) atoms. The monoisotopic (exact) mass is 402 g/mol. The fraction of sp³-hybridized carbons (Fsp3) is 0.500. The quantitative estimate of drug-likeness (QED) is 0.555. The summed E-state index contributed by atoms with van der Waals surface area (Å²) in [6, 6.07) is 16.0. The van der Waals surface area contributed by atoms with E-state index in [1.54, 1.807) is 0 Å². The van der Waals surface area contributed by atoms with Crippen LogP contribution >= 0.6 is 0 Å². The highest BCUT2D eigenvalue weighted by atomic mass is 15.0. The van der Waals surface area contributed by atoms with E-state index >= 15 is 0 Å². The fourth-order valence-corrected chi connectivity index (χ4v) is 6.19. The SMILES string of the molecule is CCC(C)(c1ccc2c(c1)C(C)=CC(C)(C)N2)C1(C)CC(C)(C)Nc2ccccc21. The summed E-state index contributed by atoms with van der Waals surface area (Å²) in [5.74, 6) is 0. The van der Waals surface area contributed by atoms with Gasteiger partial charge in [-0.3, -0.25) is 0 Å². The first-order chi connectivity index (χ1) is 13.9. The molecule has 0 spiro atoms. The molecule has 2 N–H and O–H groups in total. The van der Waals surface area contributed by atoms with E-state index in [1.165, 1.54) is 33.6 Å². The molecule has 0 saturated carbocycles. The highest BCUT2D eigenvalue weighted by Crippen LogP contribution is 2.55. The van der Waals surface area contributed by atoms with Crippen molar-refractivity contribution in [3.63, 3.8) is 0 Å². The smallest absolute Gasteiger partial charge is 0.0505 e. The van der Waals surface area contributed by atoms with Gasteiger partial charge in [-0.05, 0) is 82.4 Å². The van der Waals surface area contributed by atoms with Crippen molar-refractivity contribution >= 4 is 16.9 Å². The van der Waals surface area contributed by atoms with Crippen molar-refractivity contribution in [2.45, 2.75) is 90.1 Å². The summed E-state index contributed by atoms with van der Waals surface area (Å²) < 4.78 is 0. The van der Waals surface area contributed by atoms with Gasteiger partial charge in [0, 0.05) is 33.3 Å². The Bertz CT molecular complexity index is 1010. The predicted octanol–water partition coefficient (Wildman–Crippen LogP) is 7.51. The molecule has 2 aliphatic heterocycles. The molecule has 0 amide bonds. The number of hydrogen-bond acceptors (Lipinski definition) is 2. The third-order valence-corrected chi connectivity index (χ3v) is 7.83. The van der Waals surface area contributed by atoms with Crippen LogP contribution in [0.2, 0.25) is 0 Å². The lowest BCUT2D eigenvalue weighted by molar-refractivity contribution is 0.189. The van der Waals surface area contributed by atoms with Crippen molar-refractivity contribution in [2.75, 3.05) is 10.6 Å². The van der Waals surface area contributed by atoms with Crippen LogP contribution in [-0.2, 0) is 10.8 Å². The standard InChI is InChI=1S/C28H38N2/c1-9-27(7,20-14-15-23-21(16-20)19(2)17-25(3,4)29-23)28(8)18-26(5,6)30-24-13-11-10-12-22(24)28/h10-17,29-30H,9,18H2,1-8H3. The topological polar surface area (TPSA) is 24.1 Å². The molecule has 2 aliphatic rings. The lowest BCUT2D eigenvalue weighted by atomic mass is 9.52. The van der Waals surface area contributed by atoms with Crippen molar-refractivity contribution in [2.24, 2.45) is 0 Å². The maximum Gasteiger partial charge on any atom is 0.0505 e. The molecule has 2 aromatic rings. The molecule has 2 nitrogen and oxygen atoms in total. The van der Waals surface area contributed by atoms with E-state index < -0.39 is 0 Å². The lowest BCUT2D eigenvalue weighted by Crippen LogP contribution is -2.54. The lowest BCUT2D eigenvalue weighted by Gasteiger charge is -2.55. The molecule has 2 heterocycles. The van der Waals surface area contributed by atoms with E-state index in [9.17, 15) is 0 Å². The second-order valence-corrected chi connectivity index (χ2v) is 11.2. The third-order valence-electron chi connectivity index (χ3n) is 7.83. The summed E-state index contributed by atoms with van der Waals surface area (Å²) in [4.78, 5) is 0. The Balaban J connectivity index is 1.89. The molecule has 2 heteroatoms. The van der Waals surface area contributed by atoms with Crippen molar-refractivity contribution < 1.29 is 0 Å². The maximum absolute atomic E-state index is 3.79. The second kappa shape index (κ2) is 6.64. The minimum absolute atomic E-state index is 0.00333. The molecule has 0 aliphatic carbocycles. The van der Waals surface area contributed by atoms with Crippen molar-refractivity contribution in [1.82, 2.24) is 0 Å². The van der Waals surface area contributed by atoms with Crippen LogP contribution in [0.1, 0.15) is 84.9 Å². The number of allylic oxidation sites excluding steroid dienone is 1. The van der Waals surface area contributed by atoms with Crippen molar-refractivity contribution in [3.05, 3.63) is 65.2 Å². The van der Waals surface area contributed by atoms with Crippen molar-refractivity contribution in [1.29, 1.82) is 0 Å². The molecule has 2 atom stereocenters. The summed E-state index contributed by atoms with van der Waals surface area (Å²) in [6.07, 6.45) is 4.54. The predicted molar refractivity (Wildman–Crippen MR) is 132 cm³/mol. The number of fused-ring (bicyclic) bond motifs is 2. The molecule has 0 saturated heterocycles. The van der Waals surface area contributed by atoms with Gasteiger partial charge in [0.05, 0.1) is 5.54 Å². The van der Waals surface area contributed by atoms with Gasteiger partial charge < -0.3 is 10.6 Å². The molecular formula is C28H38N2. The molecule has 0 fully saturated rings. The van der Waals surface area contributed by atoms with Gasteiger partial charge in [0.15, 0.2) is 0 Å². The summed E-state index contributed by atoms with van der Waals surface area (Å²) in [5.41, 5.74) is 8.22. The Labute approximate surface area is 183 Å². The average Bonchev–Trinajstić information content (AvgIpc) is 2.65. The van der Waals surface area contributed by atoms with E-state index in [2.05, 4.69) is 115 Å². The first kappa shape index (κ1) is 21.0. The summed E-state index contributed by atoms with van der Waals surface area (Å²) >= 11 is 0. The zero-order valence-electron chi connectivity index (χ0n) is 20.0. The van der Waals surface area contributed by atoms with Gasteiger partial charge in [0.25, 0.3) is 0 Å². The van der Waals surface area contributed by atoms with E-state index in [0.717, 1.165) is 12.8 Å². The minimum Gasteiger partial charge on any atom is -0.380 e. The third kappa shape index (κ3) is 3.16. The van der Waals surface area contributed by atoms with Gasteiger partial charge in [-0.1, -0.05) is 51.1 Å². The zero-order valence-corrected chi connectivity index (χ0v) is 20.0. The normalized spacial score (nSPS) is 25.7. The Morgan fingerprint density at radius 2 is 1.63 bits per heavy atom. The van der Waals surface area contributed by atoms with E-state index in [-0.39, 0.29) is 21.9 Å². The van der Waals surface area contributed by atoms with Crippen molar-refractivity contribution in [3.8, 4) is 0 Å². The Hall–Kier alpha value is -2.22. The summed E-state index contributed by atoms with van der Waals surface area (Å²) in [7, 11) is 0. The Morgan fingerprint density at radius 1 is 0.933 bits per heavy atom. The largest absolute Gasteiger partial charge is 0.380 e. The zero-order chi connectivity index (χ0) is 21.9. The van der Waals surface area contributed by atoms with Crippen LogP contribution in [0.4, 0.5) is 11.4 Å². The molecule has 2 unspecified atom stereocenters.